The third-order valence-corrected chi connectivity index (χ3v) is 5.49. The largest absolute Gasteiger partial charge is 0.435 e. The molecule has 1 aromatic carbocycles. The Bertz CT molecular complexity index is 763. The number of alkyl halides is 2. The second kappa shape index (κ2) is 9.20. The van der Waals surface area contributed by atoms with E-state index in [1.54, 1.807) is 24.1 Å². The molecule has 150 valence electrons. The lowest BCUT2D eigenvalue weighted by Crippen LogP contribution is -2.51. The van der Waals surface area contributed by atoms with E-state index < -0.39 is 16.6 Å². The fraction of sp³-hybridized carbons (Fsp3) is 0.500. The molecule has 0 N–H and O–H groups in total. The SMILES string of the molecule is C=N/N=C(/CN1CCN(S(C)(=O)=O)CC1)N(C)c1ccc(OC(F)F)cc1. The van der Waals surface area contributed by atoms with Crippen LogP contribution >= 0.6 is 0 Å². The molecular weight excluding hydrogens is 380 g/mol. The van der Waals surface area contributed by atoms with E-state index in [0.29, 0.717) is 44.2 Å². The highest BCUT2D eigenvalue weighted by Crippen LogP contribution is 2.21. The normalized spacial score (nSPS) is 17.1. The summed E-state index contributed by atoms with van der Waals surface area (Å²) in [6.45, 7) is 2.92. The van der Waals surface area contributed by atoms with E-state index in [4.69, 9.17) is 0 Å². The van der Waals surface area contributed by atoms with Gasteiger partial charge < -0.3 is 9.64 Å². The minimum absolute atomic E-state index is 0.0689. The number of nitrogens with zero attached hydrogens (tertiary/aromatic N) is 5. The lowest BCUT2D eigenvalue weighted by molar-refractivity contribution is -0.0498. The van der Waals surface area contributed by atoms with E-state index in [-0.39, 0.29) is 5.75 Å². The molecule has 1 fully saturated rings. The number of amidine groups is 1. The molecule has 1 aromatic rings. The highest BCUT2D eigenvalue weighted by Gasteiger charge is 2.25. The van der Waals surface area contributed by atoms with Gasteiger partial charge in [0.25, 0.3) is 0 Å². The highest BCUT2D eigenvalue weighted by molar-refractivity contribution is 7.88. The van der Waals surface area contributed by atoms with Gasteiger partial charge in [0.1, 0.15) is 11.6 Å². The van der Waals surface area contributed by atoms with Crippen molar-refractivity contribution in [2.75, 3.05) is 50.9 Å². The van der Waals surface area contributed by atoms with Crippen LogP contribution < -0.4 is 9.64 Å². The van der Waals surface area contributed by atoms with E-state index in [0.717, 1.165) is 0 Å². The number of piperazine rings is 1. The topological polar surface area (TPSA) is 77.8 Å². The predicted molar refractivity (Wildman–Crippen MR) is 101 cm³/mol. The lowest BCUT2D eigenvalue weighted by atomic mass is 10.2. The molecule has 0 aliphatic carbocycles. The van der Waals surface area contributed by atoms with Crippen molar-refractivity contribution < 1.29 is 21.9 Å². The van der Waals surface area contributed by atoms with Crippen LogP contribution in [0.15, 0.2) is 34.5 Å². The maximum atomic E-state index is 12.3. The second-order valence-electron chi connectivity index (χ2n) is 6.03. The van der Waals surface area contributed by atoms with Crippen LogP contribution in [0.4, 0.5) is 14.5 Å². The molecule has 2 rings (SSSR count). The molecule has 1 heterocycles. The van der Waals surface area contributed by atoms with Gasteiger partial charge in [-0.15, -0.1) is 5.10 Å². The molecule has 1 saturated heterocycles. The Morgan fingerprint density at radius 2 is 1.85 bits per heavy atom. The van der Waals surface area contributed by atoms with Crippen LogP contribution in [0.1, 0.15) is 0 Å². The summed E-state index contributed by atoms with van der Waals surface area (Å²) in [7, 11) is -1.41. The number of hydrogen-bond acceptors (Lipinski definition) is 6. The molecular formula is C16H23F2N5O3S. The fourth-order valence-corrected chi connectivity index (χ4v) is 3.53. The summed E-state index contributed by atoms with van der Waals surface area (Å²) in [5, 5.41) is 7.66. The average Bonchev–Trinajstić information content (AvgIpc) is 2.60. The molecule has 0 bridgehead atoms. The third-order valence-electron chi connectivity index (χ3n) is 4.19. The molecule has 0 spiro atoms. The molecule has 0 amide bonds. The number of anilines is 1. The van der Waals surface area contributed by atoms with Gasteiger partial charge in [0.05, 0.1) is 12.8 Å². The van der Waals surface area contributed by atoms with E-state index in [2.05, 4.69) is 26.6 Å². The Balaban J connectivity index is 2.02. The number of rotatable bonds is 7. The molecule has 0 atom stereocenters. The lowest BCUT2D eigenvalue weighted by Gasteiger charge is -2.34. The number of ether oxygens (including phenoxy) is 1. The van der Waals surface area contributed by atoms with Crippen molar-refractivity contribution in [2.24, 2.45) is 10.2 Å². The molecule has 8 nitrogen and oxygen atoms in total. The maximum absolute atomic E-state index is 12.3. The summed E-state index contributed by atoms with van der Waals surface area (Å²) >= 11 is 0. The van der Waals surface area contributed by atoms with Gasteiger partial charge in [-0.05, 0) is 24.3 Å². The Labute approximate surface area is 157 Å². The van der Waals surface area contributed by atoms with Crippen molar-refractivity contribution >= 4 is 28.3 Å². The van der Waals surface area contributed by atoms with Crippen LogP contribution in [0, 0.1) is 0 Å². The zero-order chi connectivity index (χ0) is 20.0. The van der Waals surface area contributed by atoms with E-state index >= 15 is 0 Å². The van der Waals surface area contributed by atoms with Gasteiger partial charge in [-0.2, -0.15) is 18.2 Å². The van der Waals surface area contributed by atoms with Crippen LogP contribution in [0.2, 0.25) is 0 Å². The molecule has 0 unspecified atom stereocenters. The number of likely N-dealkylation sites (N-methyl/N-ethyl adjacent to an activating group) is 1. The number of benzene rings is 1. The third kappa shape index (κ3) is 6.22. The Morgan fingerprint density at radius 3 is 2.33 bits per heavy atom. The van der Waals surface area contributed by atoms with Crippen LogP contribution in [0.5, 0.6) is 5.75 Å². The predicted octanol–water partition coefficient (Wildman–Crippen LogP) is 1.32. The van der Waals surface area contributed by atoms with Gasteiger partial charge in [-0.1, -0.05) is 0 Å². The van der Waals surface area contributed by atoms with Crippen molar-refractivity contribution in [3.8, 4) is 5.75 Å². The fourth-order valence-electron chi connectivity index (χ4n) is 2.71. The first kappa shape index (κ1) is 21.2. The number of sulfonamides is 1. The molecule has 11 heteroatoms. The molecule has 1 aliphatic rings. The summed E-state index contributed by atoms with van der Waals surface area (Å²) < 4.78 is 53.5. The van der Waals surface area contributed by atoms with E-state index in [1.165, 1.54) is 22.7 Å². The summed E-state index contributed by atoms with van der Waals surface area (Å²) in [4.78, 5) is 3.83. The van der Waals surface area contributed by atoms with Crippen LogP contribution in [-0.2, 0) is 10.0 Å². The second-order valence-corrected chi connectivity index (χ2v) is 8.01. The van der Waals surface area contributed by atoms with Crippen molar-refractivity contribution in [2.45, 2.75) is 6.61 Å². The summed E-state index contributed by atoms with van der Waals surface area (Å²) in [5.74, 6) is 0.666. The molecule has 27 heavy (non-hydrogen) atoms. The highest BCUT2D eigenvalue weighted by atomic mass is 32.2. The first-order chi connectivity index (χ1) is 12.7. The number of halogens is 2. The molecule has 0 saturated carbocycles. The summed E-state index contributed by atoms with van der Waals surface area (Å²) in [6, 6.07) is 6.17. The van der Waals surface area contributed by atoms with Gasteiger partial charge in [0.2, 0.25) is 10.0 Å². The summed E-state index contributed by atoms with van der Waals surface area (Å²) in [6.07, 6.45) is 1.20. The minimum Gasteiger partial charge on any atom is -0.435 e. The Kier molecular flexibility index (Phi) is 7.22. The zero-order valence-corrected chi connectivity index (χ0v) is 16.1. The monoisotopic (exact) mass is 403 g/mol. The first-order valence-electron chi connectivity index (χ1n) is 8.19. The number of hydrogen-bond donors (Lipinski definition) is 0. The van der Waals surface area contributed by atoms with Crippen LogP contribution in [0.3, 0.4) is 0 Å². The van der Waals surface area contributed by atoms with Crippen LogP contribution in [0.25, 0.3) is 0 Å². The minimum atomic E-state index is -3.19. The van der Waals surface area contributed by atoms with Crippen molar-refractivity contribution in [3.05, 3.63) is 24.3 Å². The Morgan fingerprint density at radius 1 is 1.26 bits per heavy atom. The van der Waals surface area contributed by atoms with Gasteiger partial charge in [0, 0.05) is 45.6 Å². The maximum Gasteiger partial charge on any atom is 0.387 e. The molecule has 0 aromatic heterocycles. The zero-order valence-electron chi connectivity index (χ0n) is 15.3. The van der Waals surface area contributed by atoms with Crippen molar-refractivity contribution in [1.82, 2.24) is 9.21 Å². The van der Waals surface area contributed by atoms with Gasteiger partial charge >= 0.3 is 6.61 Å². The van der Waals surface area contributed by atoms with Crippen LogP contribution in [-0.4, -0.2) is 82.8 Å². The quantitative estimate of drug-likeness (QED) is 0.390. The Hall–Kier alpha value is -2.11. The van der Waals surface area contributed by atoms with Crippen molar-refractivity contribution in [1.29, 1.82) is 0 Å². The van der Waals surface area contributed by atoms with Gasteiger partial charge in [0.15, 0.2) is 0 Å². The van der Waals surface area contributed by atoms with Crippen molar-refractivity contribution in [3.63, 3.8) is 0 Å². The smallest absolute Gasteiger partial charge is 0.387 e. The van der Waals surface area contributed by atoms with E-state index in [9.17, 15) is 17.2 Å². The standard InChI is InChI=1S/C16H23F2N5O3S/c1-19-20-15(12-22-8-10-23(11-9-22)27(3,24)25)21(2)13-4-6-14(7-5-13)26-16(17)18/h4-7,16H,1,8-12H2,2-3H3/b20-15-. The summed E-state index contributed by atoms with van der Waals surface area (Å²) in [5.41, 5.74) is 0.716. The first-order valence-corrected chi connectivity index (χ1v) is 10.0. The van der Waals surface area contributed by atoms with E-state index in [1.807, 2.05) is 0 Å². The molecule has 0 radical (unpaired) electrons. The average molecular weight is 403 g/mol. The molecule has 1 aliphatic heterocycles. The van der Waals surface area contributed by atoms with Gasteiger partial charge in [-0.3, -0.25) is 4.90 Å². The van der Waals surface area contributed by atoms with Gasteiger partial charge in [-0.25, -0.2) is 8.42 Å².